The van der Waals surface area contributed by atoms with Gasteiger partial charge in [-0.15, -0.1) is 0 Å². The molecule has 0 fully saturated rings. The number of hydrogen-bond donors (Lipinski definition) is 2. The molecule has 0 saturated heterocycles. The molecule has 0 aliphatic heterocycles. The number of carbonyl (C=O) groups is 1. The Balaban J connectivity index is 1.99. The first kappa shape index (κ1) is 13.4. The van der Waals surface area contributed by atoms with Crippen LogP contribution in [-0.4, -0.2) is 23.7 Å². The topological polar surface area (TPSA) is 62.5 Å². The zero-order chi connectivity index (χ0) is 13.7. The predicted octanol–water partition coefficient (Wildman–Crippen LogP) is 2.33. The van der Waals surface area contributed by atoms with E-state index in [0.29, 0.717) is 12.2 Å². The summed E-state index contributed by atoms with van der Waals surface area (Å²) < 4.78 is 5.56. The lowest BCUT2D eigenvalue weighted by Gasteiger charge is -2.09. The van der Waals surface area contributed by atoms with Gasteiger partial charge in [-0.2, -0.15) is 0 Å². The van der Waals surface area contributed by atoms with Crippen LogP contribution in [0.2, 0.25) is 0 Å². The SMILES string of the molecule is CC(CCO)NC(=O)/C=C/c1cc2ccccc2o1. The van der Waals surface area contributed by atoms with Gasteiger partial charge >= 0.3 is 0 Å². The van der Waals surface area contributed by atoms with Crippen LogP contribution in [0.1, 0.15) is 19.1 Å². The maximum absolute atomic E-state index is 11.6. The van der Waals surface area contributed by atoms with Crippen LogP contribution in [0.25, 0.3) is 17.0 Å². The molecule has 2 rings (SSSR count). The Morgan fingerprint density at radius 2 is 2.26 bits per heavy atom. The Morgan fingerprint density at radius 3 is 3.00 bits per heavy atom. The lowest BCUT2D eigenvalue weighted by Crippen LogP contribution is -2.31. The van der Waals surface area contributed by atoms with Crippen molar-refractivity contribution in [1.29, 1.82) is 0 Å². The third-order valence-electron chi connectivity index (χ3n) is 2.79. The number of aliphatic hydroxyl groups excluding tert-OH is 1. The highest BCUT2D eigenvalue weighted by Crippen LogP contribution is 2.19. The molecular formula is C15H17NO3. The van der Waals surface area contributed by atoms with Crippen molar-refractivity contribution in [3.63, 3.8) is 0 Å². The van der Waals surface area contributed by atoms with Gasteiger partial charge in [0.2, 0.25) is 5.91 Å². The van der Waals surface area contributed by atoms with E-state index in [1.54, 1.807) is 6.08 Å². The maximum Gasteiger partial charge on any atom is 0.244 e. The number of fused-ring (bicyclic) bond motifs is 1. The highest BCUT2D eigenvalue weighted by Gasteiger charge is 2.04. The summed E-state index contributed by atoms with van der Waals surface area (Å²) in [5, 5.41) is 12.5. The molecule has 1 unspecified atom stereocenters. The second-order valence-electron chi connectivity index (χ2n) is 4.44. The van der Waals surface area contributed by atoms with Crippen molar-refractivity contribution in [3.05, 3.63) is 42.2 Å². The molecule has 2 aromatic rings. The standard InChI is InChI=1S/C15H17NO3/c1-11(8-9-17)16-15(18)7-6-13-10-12-4-2-3-5-14(12)19-13/h2-7,10-11,17H,8-9H2,1H3,(H,16,18)/b7-6+. The van der Waals surface area contributed by atoms with Crippen molar-refractivity contribution in [1.82, 2.24) is 5.32 Å². The zero-order valence-corrected chi connectivity index (χ0v) is 10.8. The minimum Gasteiger partial charge on any atom is -0.457 e. The number of para-hydroxylation sites is 1. The second-order valence-corrected chi connectivity index (χ2v) is 4.44. The average molecular weight is 259 g/mol. The van der Waals surface area contributed by atoms with E-state index in [1.807, 2.05) is 37.3 Å². The molecule has 1 atom stereocenters. The fraction of sp³-hybridized carbons (Fsp3) is 0.267. The van der Waals surface area contributed by atoms with Gasteiger partial charge < -0.3 is 14.8 Å². The largest absolute Gasteiger partial charge is 0.457 e. The summed E-state index contributed by atoms with van der Waals surface area (Å²) in [5.41, 5.74) is 0.802. The van der Waals surface area contributed by atoms with Gasteiger partial charge in [0, 0.05) is 24.1 Å². The molecule has 0 aliphatic carbocycles. The summed E-state index contributed by atoms with van der Waals surface area (Å²) in [5.74, 6) is 0.451. The Morgan fingerprint density at radius 1 is 1.47 bits per heavy atom. The van der Waals surface area contributed by atoms with Crippen LogP contribution in [0.3, 0.4) is 0 Å². The molecular weight excluding hydrogens is 242 g/mol. The van der Waals surface area contributed by atoms with Crippen LogP contribution in [0.5, 0.6) is 0 Å². The molecule has 0 radical (unpaired) electrons. The molecule has 19 heavy (non-hydrogen) atoms. The van der Waals surface area contributed by atoms with E-state index in [2.05, 4.69) is 5.32 Å². The molecule has 0 saturated carbocycles. The smallest absolute Gasteiger partial charge is 0.244 e. The van der Waals surface area contributed by atoms with E-state index in [9.17, 15) is 4.79 Å². The molecule has 1 aromatic heterocycles. The number of aliphatic hydroxyl groups is 1. The number of rotatable bonds is 5. The average Bonchev–Trinajstić information content (AvgIpc) is 2.79. The molecule has 1 heterocycles. The number of amides is 1. The summed E-state index contributed by atoms with van der Waals surface area (Å²) >= 11 is 0. The first-order valence-electron chi connectivity index (χ1n) is 6.27. The van der Waals surface area contributed by atoms with E-state index >= 15 is 0 Å². The van der Waals surface area contributed by atoms with Crippen LogP contribution in [0.15, 0.2) is 40.8 Å². The van der Waals surface area contributed by atoms with Crippen LogP contribution < -0.4 is 5.32 Å². The van der Waals surface area contributed by atoms with Crippen molar-refractivity contribution in [2.45, 2.75) is 19.4 Å². The van der Waals surface area contributed by atoms with Crippen LogP contribution >= 0.6 is 0 Å². The van der Waals surface area contributed by atoms with Crippen molar-refractivity contribution in [2.75, 3.05) is 6.61 Å². The van der Waals surface area contributed by atoms with Gasteiger partial charge in [0.15, 0.2) is 0 Å². The van der Waals surface area contributed by atoms with Crippen LogP contribution in [-0.2, 0) is 4.79 Å². The van der Waals surface area contributed by atoms with Gasteiger partial charge in [-0.1, -0.05) is 18.2 Å². The normalized spacial score (nSPS) is 12.9. The van der Waals surface area contributed by atoms with Crippen molar-refractivity contribution in [3.8, 4) is 0 Å². The van der Waals surface area contributed by atoms with Gasteiger partial charge in [-0.05, 0) is 31.6 Å². The predicted molar refractivity (Wildman–Crippen MR) is 74.6 cm³/mol. The number of nitrogens with one attached hydrogen (secondary N) is 1. The Hall–Kier alpha value is -2.07. The van der Waals surface area contributed by atoms with E-state index in [0.717, 1.165) is 11.0 Å². The van der Waals surface area contributed by atoms with Crippen molar-refractivity contribution < 1.29 is 14.3 Å². The minimum atomic E-state index is -0.193. The summed E-state index contributed by atoms with van der Waals surface area (Å²) in [6, 6.07) is 9.53. The summed E-state index contributed by atoms with van der Waals surface area (Å²) in [7, 11) is 0. The van der Waals surface area contributed by atoms with Gasteiger partial charge in [0.1, 0.15) is 11.3 Å². The zero-order valence-electron chi connectivity index (χ0n) is 10.8. The fourth-order valence-electron chi connectivity index (χ4n) is 1.80. The molecule has 100 valence electrons. The summed E-state index contributed by atoms with van der Waals surface area (Å²) in [4.78, 5) is 11.6. The lowest BCUT2D eigenvalue weighted by atomic mass is 10.2. The molecule has 1 amide bonds. The molecule has 2 N–H and O–H groups in total. The van der Waals surface area contributed by atoms with Crippen LogP contribution in [0, 0.1) is 0 Å². The van der Waals surface area contributed by atoms with E-state index < -0.39 is 0 Å². The Labute approximate surface area is 111 Å². The van der Waals surface area contributed by atoms with E-state index in [4.69, 9.17) is 9.52 Å². The molecule has 0 aliphatic rings. The maximum atomic E-state index is 11.6. The number of benzene rings is 1. The minimum absolute atomic E-state index is 0.0437. The third kappa shape index (κ3) is 3.69. The Kier molecular flexibility index (Phi) is 4.36. The first-order chi connectivity index (χ1) is 9.19. The highest BCUT2D eigenvalue weighted by molar-refractivity contribution is 5.92. The number of carbonyl (C=O) groups excluding carboxylic acids is 1. The van der Waals surface area contributed by atoms with E-state index in [-0.39, 0.29) is 18.6 Å². The fourth-order valence-corrected chi connectivity index (χ4v) is 1.80. The third-order valence-corrected chi connectivity index (χ3v) is 2.79. The number of furan rings is 1. The van der Waals surface area contributed by atoms with Crippen molar-refractivity contribution in [2.24, 2.45) is 0 Å². The summed E-state index contributed by atoms with van der Waals surface area (Å²) in [6.45, 7) is 1.91. The van der Waals surface area contributed by atoms with Crippen molar-refractivity contribution >= 4 is 23.0 Å². The van der Waals surface area contributed by atoms with E-state index in [1.165, 1.54) is 6.08 Å². The highest BCUT2D eigenvalue weighted by atomic mass is 16.3. The van der Waals surface area contributed by atoms with Crippen LogP contribution in [0.4, 0.5) is 0 Å². The monoisotopic (exact) mass is 259 g/mol. The Bertz CT molecular complexity index is 553. The molecule has 4 nitrogen and oxygen atoms in total. The first-order valence-corrected chi connectivity index (χ1v) is 6.27. The second kappa shape index (κ2) is 6.20. The van der Waals surface area contributed by atoms with Gasteiger partial charge in [-0.3, -0.25) is 4.79 Å². The molecule has 1 aromatic carbocycles. The lowest BCUT2D eigenvalue weighted by molar-refractivity contribution is -0.117. The molecule has 0 bridgehead atoms. The van der Waals surface area contributed by atoms with Gasteiger partial charge in [-0.25, -0.2) is 0 Å². The number of hydrogen-bond acceptors (Lipinski definition) is 3. The quantitative estimate of drug-likeness (QED) is 0.810. The van der Waals surface area contributed by atoms with Gasteiger partial charge in [0.25, 0.3) is 0 Å². The van der Waals surface area contributed by atoms with Gasteiger partial charge in [0.05, 0.1) is 0 Å². The summed E-state index contributed by atoms with van der Waals surface area (Å²) in [6.07, 6.45) is 3.62. The molecule has 0 spiro atoms. The molecule has 4 heteroatoms.